The van der Waals surface area contributed by atoms with Crippen molar-refractivity contribution in [3.05, 3.63) is 52.5 Å². The van der Waals surface area contributed by atoms with Crippen LogP contribution in [0.4, 0.5) is 5.69 Å². The summed E-state index contributed by atoms with van der Waals surface area (Å²) in [6, 6.07) is 8.60. The highest BCUT2D eigenvalue weighted by Crippen LogP contribution is 2.28. The summed E-state index contributed by atoms with van der Waals surface area (Å²) >= 11 is 6.07. The zero-order valence-electron chi connectivity index (χ0n) is 17.9. The molecular formula is C22H25ClN2O6S. The lowest BCUT2D eigenvalue weighted by Crippen LogP contribution is -2.35. The van der Waals surface area contributed by atoms with Crippen LogP contribution >= 0.6 is 11.6 Å². The highest BCUT2D eigenvalue weighted by molar-refractivity contribution is 7.89. The molecule has 172 valence electrons. The monoisotopic (exact) mass is 480 g/mol. The van der Waals surface area contributed by atoms with Crippen LogP contribution in [0.25, 0.3) is 0 Å². The molecule has 0 unspecified atom stereocenters. The van der Waals surface area contributed by atoms with Crippen LogP contribution in [0.1, 0.15) is 46.9 Å². The van der Waals surface area contributed by atoms with Crippen LogP contribution in [0.15, 0.2) is 41.3 Å². The molecule has 0 saturated carbocycles. The van der Waals surface area contributed by atoms with Crippen molar-refractivity contribution in [1.82, 2.24) is 4.31 Å². The molecule has 2 aromatic carbocycles. The number of halogens is 1. The van der Waals surface area contributed by atoms with Crippen molar-refractivity contribution < 1.29 is 27.5 Å². The number of piperidine rings is 1. The van der Waals surface area contributed by atoms with Gasteiger partial charge in [0.05, 0.1) is 34.8 Å². The van der Waals surface area contributed by atoms with Crippen LogP contribution in [-0.2, 0) is 14.8 Å². The van der Waals surface area contributed by atoms with Gasteiger partial charge in [0, 0.05) is 18.8 Å². The first-order chi connectivity index (χ1) is 15.3. The molecule has 1 aliphatic heterocycles. The maximum Gasteiger partial charge on any atom is 0.339 e. The van der Waals surface area contributed by atoms with E-state index in [9.17, 15) is 18.0 Å². The molecule has 1 N–H and O–H groups in total. The molecule has 1 heterocycles. The van der Waals surface area contributed by atoms with Crippen molar-refractivity contribution >= 4 is 39.2 Å². The predicted octanol–water partition coefficient (Wildman–Crippen LogP) is 3.95. The van der Waals surface area contributed by atoms with Crippen LogP contribution < -0.4 is 10.1 Å². The molecule has 10 heteroatoms. The average Bonchev–Trinajstić information content (AvgIpc) is 2.80. The van der Waals surface area contributed by atoms with Gasteiger partial charge >= 0.3 is 5.97 Å². The van der Waals surface area contributed by atoms with E-state index in [1.807, 2.05) is 0 Å². The number of hydrogen-bond donors (Lipinski definition) is 1. The van der Waals surface area contributed by atoms with Gasteiger partial charge in [-0.05, 0) is 56.2 Å². The Kier molecular flexibility index (Phi) is 7.76. The molecular weight excluding hydrogens is 456 g/mol. The number of hydrogen-bond acceptors (Lipinski definition) is 6. The third-order valence-corrected chi connectivity index (χ3v) is 7.31. The van der Waals surface area contributed by atoms with Gasteiger partial charge in [-0.3, -0.25) is 4.79 Å². The van der Waals surface area contributed by atoms with Crippen LogP contribution in [0.2, 0.25) is 5.02 Å². The molecule has 0 spiro atoms. The van der Waals surface area contributed by atoms with Crippen molar-refractivity contribution in [3.8, 4) is 5.75 Å². The average molecular weight is 481 g/mol. The van der Waals surface area contributed by atoms with Gasteiger partial charge in [-0.25, -0.2) is 13.2 Å². The molecule has 0 bridgehead atoms. The molecule has 0 radical (unpaired) electrons. The van der Waals surface area contributed by atoms with E-state index in [-0.39, 0.29) is 33.4 Å². The van der Waals surface area contributed by atoms with Gasteiger partial charge in [0.2, 0.25) is 10.0 Å². The Labute approximate surface area is 192 Å². The first kappa shape index (κ1) is 24.0. The smallest absolute Gasteiger partial charge is 0.339 e. The number of rotatable bonds is 7. The summed E-state index contributed by atoms with van der Waals surface area (Å²) in [6.45, 7) is 2.77. The molecule has 8 nitrogen and oxygen atoms in total. The van der Waals surface area contributed by atoms with E-state index in [0.717, 1.165) is 19.3 Å². The lowest BCUT2D eigenvalue weighted by atomic mass is 10.1. The Morgan fingerprint density at radius 2 is 1.78 bits per heavy atom. The SMILES string of the molecule is CCOC(=O)c1cc(NC(=O)c2cc(S(=O)(=O)N3CCCCC3)ccc2OC)ccc1Cl. The number of methoxy groups -OCH3 is 1. The third kappa shape index (κ3) is 5.23. The van der Waals surface area contributed by atoms with Crippen molar-refractivity contribution in [2.45, 2.75) is 31.1 Å². The van der Waals surface area contributed by atoms with Crippen LogP contribution in [0.3, 0.4) is 0 Å². The second kappa shape index (κ2) is 10.3. The largest absolute Gasteiger partial charge is 0.496 e. The summed E-state index contributed by atoms with van der Waals surface area (Å²) in [5, 5.41) is 2.85. The second-order valence-electron chi connectivity index (χ2n) is 7.20. The van der Waals surface area contributed by atoms with Gasteiger partial charge in [-0.1, -0.05) is 18.0 Å². The molecule has 1 amide bonds. The number of anilines is 1. The standard InChI is InChI=1S/C22H25ClN2O6S/c1-3-31-22(27)17-13-15(7-9-19(17)23)24-21(26)18-14-16(8-10-20(18)30-2)32(28,29)25-11-5-4-6-12-25/h7-10,13-14H,3-6,11-12H2,1-2H3,(H,24,26). The Morgan fingerprint density at radius 3 is 2.44 bits per heavy atom. The fraction of sp³-hybridized carbons (Fsp3) is 0.364. The van der Waals surface area contributed by atoms with Gasteiger partial charge in [-0.2, -0.15) is 4.31 Å². The molecule has 3 rings (SSSR count). The number of sulfonamides is 1. The number of nitrogens with zero attached hydrogens (tertiary/aromatic N) is 1. The van der Waals surface area contributed by atoms with E-state index >= 15 is 0 Å². The van der Waals surface area contributed by atoms with E-state index in [0.29, 0.717) is 18.8 Å². The lowest BCUT2D eigenvalue weighted by Gasteiger charge is -2.26. The Balaban J connectivity index is 1.90. The predicted molar refractivity (Wildman–Crippen MR) is 121 cm³/mol. The summed E-state index contributed by atoms with van der Waals surface area (Å²) in [5.74, 6) is -0.977. The van der Waals surface area contributed by atoms with Crippen LogP contribution in [-0.4, -0.2) is 51.4 Å². The number of esters is 1. The fourth-order valence-electron chi connectivity index (χ4n) is 3.45. The Morgan fingerprint density at radius 1 is 1.06 bits per heavy atom. The summed E-state index contributed by atoms with van der Waals surface area (Å²) in [5.41, 5.74) is 0.465. The lowest BCUT2D eigenvalue weighted by molar-refractivity contribution is 0.0526. The minimum absolute atomic E-state index is 0.0219. The summed E-state index contributed by atoms with van der Waals surface area (Å²) < 4.78 is 37.7. The number of carbonyl (C=O) groups is 2. The van der Waals surface area contributed by atoms with E-state index in [1.165, 1.54) is 47.8 Å². The molecule has 2 aromatic rings. The fourth-order valence-corrected chi connectivity index (χ4v) is 5.18. The van der Waals surface area contributed by atoms with Gasteiger partial charge < -0.3 is 14.8 Å². The molecule has 0 aromatic heterocycles. The number of amides is 1. The second-order valence-corrected chi connectivity index (χ2v) is 9.54. The maximum atomic E-state index is 13.0. The van der Waals surface area contributed by atoms with Gasteiger partial charge in [0.15, 0.2) is 0 Å². The molecule has 32 heavy (non-hydrogen) atoms. The van der Waals surface area contributed by atoms with E-state index in [1.54, 1.807) is 6.92 Å². The minimum Gasteiger partial charge on any atom is -0.496 e. The van der Waals surface area contributed by atoms with Crippen LogP contribution in [0, 0.1) is 0 Å². The van der Waals surface area contributed by atoms with Gasteiger partial charge in [-0.15, -0.1) is 0 Å². The number of benzene rings is 2. The minimum atomic E-state index is -3.73. The molecule has 1 aliphatic rings. The van der Waals surface area contributed by atoms with Crippen molar-refractivity contribution in [2.24, 2.45) is 0 Å². The summed E-state index contributed by atoms with van der Waals surface area (Å²) in [4.78, 5) is 25.1. The Bertz CT molecular complexity index is 1110. The highest BCUT2D eigenvalue weighted by Gasteiger charge is 2.28. The van der Waals surface area contributed by atoms with Gasteiger partial charge in [0.25, 0.3) is 5.91 Å². The molecule has 1 saturated heterocycles. The van der Waals surface area contributed by atoms with Crippen molar-refractivity contribution in [3.63, 3.8) is 0 Å². The summed E-state index contributed by atoms with van der Waals surface area (Å²) in [6.07, 6.45) is 2.61. The van der Waals surface area contributed by atoms with Crippen molar-refractivity contribution in [2.75, 3.05) is 32.1 Å². The quantitative estimate of drug-likeness (QED) is 0.602. The first-order valence-electron chi connectivity index (χ1n) is 10.2. The Hall–Kier alpha value is -2.62. The molecule has 0 aliphatic carbocycles. The zero-order chi connectivity index (χ0) is 23.3. The highest BCUT2D eigenvalue weighted by atomic mass is 35.5. The van der Waals surface area contributed by atoms with Crippen molar-refractivity contribution in [1.29, 1.82) is 0 Å². The number of carbonyl (C=O) groups excluding carboxylic acids is 2. The molecule has 0 atom stereocenters. The topological polar surface area (TPSA) is 102 Å². The third-order valence-electron chi connectivity index (χ3n) is 5.09. The first-order valence-corrected chi connectivity index (χ1v) is 12.1. The number of nitrogens with one attached hydrogen (secondary N) is 1. The van der Waals surface area contributed by atoms with E-state index in [4.69, 9.17) is 21.1 Å². The summed E-state index contributed by atoms with van der Waals surface area (Å²) in [7, 11) is -2.33. The van der Waals surface area contributed by atoms with Gasteiger partial charge in [0.1, 0.15) is 5.75 Å². The van der Waals surface area contributed by atoms with E-state index in [2.05, 4.69) is 5.32 Å². The molecule has 1 fully saturated rings. The number of ether oxygens (including phenoxy) is 2. The normalized spacial score (nSPS) is 14.6. The zero-order valence-corrected chi connectivity index (χ0v) is 19.5. The van der Waals surface area contributed by atoms with Crippen LogP contribution in [0.5, 0.6) is 5.75 Å². The maximum absolute atomic E-state index is 13.0. The van der Waals surface area contributed by atoms with E-state index < -0.39 is 21.9 Å².